The first-order chi connectivity index (χ1) is 11.5. The summed E-state index contributed by atoms with van der Waals surface area (Å²) in [5.74, 6) is -0.639. The monoisotopic (exact) mass is 347 g/mol. The fourth-order valence-electron chi connectivity index (χ4n) is 3.16. The molecule has 1 heterocycles. The summed E-state index contributed by atoms with van der Waals surface area (Å²) in [5.41, 5.74) is 1.87. The Labute approximate surface area is 143 Å². The second-order valence-corrected chi connectivity index (χ2v) is 8.36. The minimum absolute atomic E-state index is 0.0314. The van der Waals surface area contributed by atoms with Crippen molar-refractivity contribution in [2.24, 2.45) is 0 Å². The molecule has 1 aliphatic rings. The number of benzene rings is 2. The van der Waals surface area contributed by atoms with Crippen LogP contribution in [0.15, 0.2) is 53.4 Å². The number of sulfone groups is 1. The average molecular weight is 347 g/mol. The standard InChI is InChI=1S/C19H22FNO2S/c20-18-8-5-9-19(13-18)24(22,23)15-17-7-4-6-16(12-17)14-21-10-2-1-3-11-21/h4-9,12-13H,1-3,10-11,14-15H2. The molecular formula is C19H22FNO2S. The van der Waals surface area contributed by atoms with Crippen LogP contribution in [-0.2, 0) is 22.1 Å². The predicted octanol–water partition coefficient (Wildman–Crippen LogP) is 3.79. The molecule has 0 bridgehead atoms. The van der Waals surface area contributed by atoms with Gasteiger partial charge in [0.2, 0.25) is 0 Å². The molecule has 0 atom stereocenters. The molecule has 0 N–H and O–H groups in total. The van der Waals surface area contributed by atoms with Gasteiger partial charge in [-0.1, -0.05) is 36.8 Å². The summed E-state index contributed by atoms with van der Waals surface area (Å²) < 4.78 is 38.2. The second-order valence-electron chi connectivity index (χ2n) is 6.37. The van der Waals surface area contributed by atoms with Crippen LogP contribution >= 0.6 is 0 Å². The molecule has 128 valence electrons. The lowest BCUT2D eigenvalue weighted by atomic mass is 10.1. The number of halogens is 1. The normalized spacial score (nSPS) is 16.2. The Morgan fingerprint density at radius 2 is 1.62 bits per heavy atom. The highest BCUT2D eigenvalue weighted by Crippen LogP contribution is 2.19. The van der Waals surface area contributed by atoms with Crippen molar-refractivity contribution in [2.45, 2.75) is 36.5 Å². The molecular weight excluding hydrogens is 325 g/mol. The summed E-state index contributed by atoms with van der Waals surface area (Å²) in [5, 5.41) is 0. The maximum Gasteiger partial charge on any atom is 0.182 e. The molecule has 0 spiro atoms. The topological polar surface area (TPSA) is 37.4 Å². The predicted molar refractivity (Wildman–Crippen MR) is 92.9 cm³/mol. The van der Waals surface area contributed by atoms with Crippen LogP contribution in [-0.4, -0.2) is 26.4 Å². The van der Waals surface area contributed by atoms with Crippen LogP contribution in [0, 0.1) is 5.82 Å². The van der Waals surface area contributed by atoms with E-state index in [2.05, 4.69) is 4.90 Å². The van der Waals surface area contributed by atoms with Crippen molar-refractivity contribution < 1.29 is 12.8 Å². The van der Waals surface area contributed by atoms with Gasteiger partial charge < -0.3 is 0 Å². The number of piperidine rings is 1. The van der Waals surface area contributed by atoms with E-state index in [9.17, 15) is 12.8 Å². The van der Waals surface area contributed by atoms with Crippen molar-refractivity contribution in [3.05, 3.63) is 65.5 Å². The molecule has 0 amide bonds. The van der Waals surface area contributed by atoms with Crippen LogP contribution in [0.2, 0.25) is 0 Å². The number of nitrogens with zero attached hydrogens (tertiary/aromatic N) is 1. The van der Waals surface area contributed by atoms with E-state index < -0.39 is 15.7 Å². The molecule has 5 heteroatoms. The van der Waals surface area contributed by atoms with Crippen molar-refractivity contribution in [2.75, 3.05) is 13.1 Å². The van der Waals surface area contributed by atoms with Crippen LogP contribution in [0.5, 0.6) is 0 Å². The molecule has 0 radical (unpaired) electrons. The summed E-state index contributed by atoms with van der Waals surface area (Å²) in [6, 6.07) is 12.9. The average Bonchev–Trinajstić information content (AvgIpc) is 2.56. The molecule has 1 aliphatic heterocycles. The molecule has 1 saturated heterocycles. The minimum Gasteiger partial charge on any atom is -0.299 e. The smallest absolute Gasteiger partial charge is 0.182 e. The van der Waals surface area contributed by atoms with E-state index in [1.165, 1.54) is 37.5 Å². The third-order valence-corrected chi connectivity index (χ3v) is 6.04. The summed E-state index contributed by atoms with van der Waals surface area (Å²) >= 11 is 0. The van der Waals surface area contributed by atoms with Crippen molar-refractivity contribution in [3.8, 4) is 0 Å². The number of hydrogen-bond donors (Lipinski definition) is 0. The van der Waals surface area contributed by atoms with E-state index >= 15 is 0 Å². The lowest BCUT2D eigenvalue weighted by Gasteiger charge is -2.26. The van der Waals surface area contributed by atoms with Gasteiger partial charge in [0.15, 0.2) is 9.84 Å². The van der Waals surface area contributed by atoms with Crippen LogP contribution in [0.25, 0.3) is 0 Å². The summed E-state index contributed by atoms with van der Waals surface area (Å²) in [7, 11) is -3.54. The van der Waals surface area contributed by atoms with Gasteiger partial charge in [0, 0.05) is 6.54 Å². The molecule has 1 fully saturated rings. The Hall–Kier alpha value is -1.72. The van der Waals surface area contributed by atoms with E-state index in [1.807, 2.05) is 24.3 Å². The number of hydrogen-bond acceptors (Lipinski definition) is 3. The molecule has 3 rings (SSSR count). The fraction of sp³-hybridized carbons (Fsp3) is 0.368. The van der Waals surface area contributed by atoms with Crippen molar-refractivity contribution in [1.82, 2.24) is 4.90 Å². The van der Waals surface area contributed by atoms with Crippen molar-refractivity contribution in [3.63, 3.8) is 0 Å². The van der Waals surface area contributed by atoms with Crippen LogP contribution in [0.4, 0.5) is 4.39 Å². The van der Waals surface area contributed by atoms with Crippen LogP contribution < -0.4 is 0 Å². The van der Waals surface area contributed by atoms with Gasteiger partial charge in [0.1, 0.15) is 5.82 Å². The molecule has 0 aliphatic carbocycles. The molecule has 2 aromatic rings. The quantitative estimate of drug-likeness (QED) is 0.826. The molecule has 2 aromatic carbocycles. The van der Waals surface area contributed by atoms with Gasteiger partial charge in [-0.05, 0) is 55.3 Å². The Kier molecular flexibility index (Phi) is 5.31. The highest BCUT2D eigenvalue weighted by molar-refractivity contribution is 7.90. The zero-order chi connectivity index (χ0) is 17.0. The van der Waals surface area contributed by atoms with Gasteiger partial charge in [-0.15, -0.1) is 0 Å². The van der Waals surface area contributed by atoms with Crippen LogP contribution in [0.3, 0.4) is 0 Å². The van der Waals surface area contributed by atoms with Gasteiger partial charge >= 0.3 is 0 Å². The lowest BCUT2D eigenvalue weighted by molar-refractivity contribution is 0.221. The SMILES string of the molecule is O=S(=O)(Cc1cccc(CN2CCCCC2)c1)c1cccc(F)c1. The first kappa shape index (κ1) is 17.1. The third-order valence-electron chi connectivity index (χ3n) is 4.36. The van der Waals surface area contributed by atoms with Crippen molar-refractivity contribution in [1.29, 1.82) is 0 Å². The van der Waals surface area contributed by atoms with Crippen LogP contribution in [0.1, 0.15) is 30.4 Å². The molecule has 0 aromatic heterocycles. The second kappa shape index (κ2) is 7.45. The Bertz CT molecular complexity index is 799. The Morgan fingerprint density at radius 3 is 2.38 bits per heavy atom. The van der Waals surface area contributed by atoms with Crippen molar-refractivity contribution >= 4 is 9.84 Å². The van der Waals surface area contributed by atoms with Gasteiger partial charge in [-0.2, -0.15) is 0 Å². The largest absolute Gasteiger partial charge is 0.299 e. The summed E-state index contributed by atoms with van der Waals surface area (Å²) in [6.07, 6.45) is 3.75. The third kappa shape index (κ3) is 4.42. The highest BCUT2D eigenvalue weighted by atomic mass is 32.2. The molecule has 24 heavy (non-hydrogen) atoms. The van der Waals surface area contributed by atoms with E-state index in [4.69, 9.17) is 0 Å². The minimum atomic E-state index is -3.54. The molecule has 0 unspecified atom stereocenters. The number of rotatable bonds is 5. The molecule has 3 nitrogen and oxygen atoms in total. The maximum atomic E-state index is 13.3. The van der Waals surface area contributed by atoms with E-state index in [-0.39, 0.29) is 10.6 Å². The van der Waals surface area contributed by atoms with Gasteiger partial charge in [0.05, 0.1) is 10.6 Å². The Morgan fingerprint density at radius 1 is 0.917 bits per heavy atom. The zero-order valence-electron chi connectivity index (χ0n) is 13.6. The first-order valence-corrected chi connectivity index (χ1v) is 9.97. The van der Waals surface area contributed by atoms with E-state index in [1.54, 1.807) is 0 Å². The number of likely N-dealkylation sites (tertiary alicyclic amines) is 1. The molecule has 0 saturated carbocycles. The Balaban J connectivity index is 1.74. The zero-order valence-corrected chi connectivity index (χ0v) is 14.4. The summed E-state index contributed by atoms with van der Waals surface area (Å²) in [6.45, 7) is 3.06. The first-order valence-electron chi connectivity index (χ1n) is 8.31. The lowest BCUT2D eigenvalue weighted by Crippen LogP contribution is -2.29. The maximum absolute atomic E-state index is 13.3. The fourth-order valence-corrected chi connectivity index (χ4v) is 4.52. The van der Waals surface area contributed by atoms with E-state index in [0.717, 1.165) is 36.8 Å². The van der Waals surface area contributed by atoms with Gasteiger partial charge in [0.25, 0.3) is 0 Å². The van der Waals surface area contributed by atoms with E-state index in [0.29, 0.717) is 0 Å². The van der Waals surface area contributed by atoms with Gasteiger partial charge in [-0.3, -0.25) is 4.90 Å². The summed E-state index contributed by atoms with van der Waals surface area (Å²) in [4.78, 5) is 2.44. The van der Waals surface area contributed by atoms with Gasteiger partial charge in [-0.25, -0.2) is 12.8 Å². The highest BCUT2D eigenvalue weighted by Gasteiger charge is 2.17.